The zero-order chi connectivity index (χ0) is 14.5. The molecule has 19 heavy (non-hydrogen) atoms. The second-order valence-corrected chi connectivity index (χ2v) is 7.47. The second-order valence-electron chi connectivity index (χ2n) is 4.04. The summed E-state index contributed by atoms with van der Waals surface area (Å²) in [7, 11) is -3.18. The van der Waals surface area contributed by atoms with Crippen molar-refractivity contribution in [3.05, 3.63) is 36.9 Å². The highest BCUT2D eigenvalue weighted by atomic mass is 32.2. The number of amides is 1. The van der Waals surface area contributed by atoms with Crippen molar-refractivity contribution < 1.29 is 13.2 Å². The van der Waals surface area contributed by atoms with Gasteiger partial charge in [0.1, 0.15) is 0 Å². The minimum atomic E-state index is -3.18. The molecule has 0 radical (unpaired) electrons. The number of hydrogen-bond acceptors (Lipinski definition) is 4. The normalized spacial score (nSPS) is 12.7. The molecule has 0 aliphatic rings. The van der Waals surface area contributed by atoms with Gasteiger partial charge in [-0.2, -0.15) is 0 Å². The second kappa shape index (κ2) is 6.77. The summed E-state index contributed by atoms with van der Waals surface area (Å²) in [5, 5.41) is 2.47. The van der Waals surface area contributed by atoms with Gasteiger partial charge in [0, 0.05) is 17.7 Å². The quantitative estimate of drug-likeness (QED) is 0.643. The SMILES string of the molecule is C=CCNC(=O)C(C)Sc1ccc(S(C)(=O)=O)cc1. The summed E-state index contributed by atoms with van der Waals surface area (Å²) in [5.41, 5.74) is 0. The maximum Gasteiger partial charge on any atom is 0.233 e. The van der Waals surface area contributed by atoms with Gasteiger partial charge in [-0.15, -0.1) is 18.3 Å². The molecule has 1 rings (SSSR count). The summed E-state index contributed by atoms with van der Waals surface area (Å²) >= 11 is 1.38. The highest BCUT2D eigenvalue weighted by Gasteiger charge is 2.14. The minimum Gasteiger partial charge on any atom is -0.352 e. The lowest BCUT2D eigenvalue weighted by molar-refractivity contribution is -0.120. The number of nitrogens with one attached hydrogen (secondary N) is 1. The van der Waals surface area contributed by atoms with Crippen LogP contribution in [0.1, 0.15) is 6.92 Å². The fourth-order valence-corrected chi connectivity index (χ4v) is 2.86. The standard InChI is InChI=1S/C13H17NO3S2/c1-4-9-14-13(15)10(2)18-11-5-7-12(8-6-11)19(3,16)17/h4-8,10H,1,9H2,2-3H3,(H,14,15). The topological polar surface area (TPSA) is 63.2 Å². The molecule has 1 aromatic carbocycles. The highest BCUT2D eigenvalue weighted by molar-refractivity contribution is 8.00. The van der Waals surface area contributed by atoms with Crippen LogP contribution in [0, 0.1) is 0 Å². The van der Waals surface area contributed by atoms with Gasteiger partial charge in [-0.3, -0.25) is 4.79 Å². The van der Waals surface area contributed by atoms with E-state index < -0.39 is 9.84 Å². The first kappa shape index (κ1) is 15.8. The number of rotatable bonds is 6. The van der Waals surface area contributed by atoms with Crippen molar-refractivity contribution in [3.8, 4) is 0 Å². The van der Waals surface area contributed by atoms with Gasteiger partial charge in [0.05, 0.1) is 10.1 Å². The molecule has 0 aromatic heterocycles. The maximum absolute atomic E-state index is 11.7. The number of hydrogen-bond donors (Lipinski definition) is 1. The van der Waals surface area contributed by atoms with Gasteiger partial charge in [0.25, 0.3) is 0 Å². The van der Waals surface area contributed by atoms with Crippen LogP contribution in [0.5, 0.6) is 0 Å². The first-order valence-electron chi connectivity index (χ1n) is 5.70. The summed E-state index contributed by atoms with van der Waals surface area (Å²) in [6.07, 6.45) is 2.79. The van der Waals surface area contributed by atoms with Crippen LogP contribution in [0.25, 0.3) is 0 Å². The zero-order valence-corrected chi connectivity index (χ0v) is 12.6. The zero-order valence-electron chi connectivity index (χ0n) is 10.9. The Balaban J connectivity index is 2.68. The predicted molar refractivity (Wildman–Crippen MR) is 78.1 cm³/mol. The third-order valence-electron chi connectivity index (χ3n) is 2.35. The first-order valence-corrected chi connectivity index (χ1v) is 8.47. The Morgan fingerprint density at radius 1 is 1.42 bits per heavy atom. The van der Waals surface area contributed by atoms with E-state index in [4.69, 9.17) is 0 Å². The Morgan fingerprint density at radius 2 is 2.00 bits per heavy atom. The molecule has 104 valence electrons. The van der Waals surface area contributed by atoms with Crippen LogP contribution >= 0.6 is 11.8 Å². The van der Waals surface area contributed by atoms with Gasteiger partial charge < -0.3 is 5.32 Å². The molecule has 0 fully saturated rings. The van der Waals surface area contributed by atoms with Crippen LogP contribution in [0.4, 0.5) is 0 Å². The van der Waals surface area contributed by atoms with Crippen molar-refractivity contribution in [3.63, 3.8) is 0 Å². The Labute approximate surface area is 118 Å². The van der Waals surface area contributed by atoms with Crippen LogP contribution in [0.15, 0.2) is 46.7 Å². The molecule has 1 unspecified atom stereocenters. The van der Waals surface area contributed by atoms with Gasteiger partial charge in [-0.1, -0.05) is 6.08 Å². The molecular weight excluding hydrogens is 282 g/mol. The number of sulfone groups is 1. The van der Waals surface area contributed by atoms with E-state index in [-0.39, 0.29) is 16.1 Å². The summed E-state index contributed by atoms with van der Waals surface area (Å²) in [6.45, 7) is 5.77. The molecule has 1 amide bonds. The van der Waals surface area contributed by atoms with Gasteiger partial charge in [-0.05, 0) is 31.2 Å². The van der Waals surface area contributed by atoms with E-state index in [2.05, 4.69) is 11.9 Å². The first-order chi connectivity index (χ1) is 8.84. The Hall–Kier alpha value is -1.27. The molecule has 6 heteroatoms. The highest BCUT2D eigenvalue weighted by Crippen LogP contribution is 2.24. The average molecular weight is 299 g/mol. The molecule has 0 saturated heterocycles. The Morgan fingerprint density at radius 3 is 2.47 bits per heavy atom. The third-order valence-corrected chi connectivity index (χ3v) is 4.60. The lowest BCUT2D eigenvalue weighted by Gasteiger charge is -2.11. The van der Waals surface area contributed by atoms with Gasteiger partial charge in [-0.25, -0.2) is 8.42 Å². The van der Waals surface area contributed by atoms with Crippen LogP contribution in [0.3, 0.4) is 0 Å². The largest absolute Gasteiger partial charge is 0.352 e. The third kappa shape index (κ3) is 5.08. The minimum absolute atomic E-state index is 0.0721. The van der Waals surface area contributed by atoms with E-state index in [0.717, 1.165) is 4.90 Å². The fourth-order valence-electron chi connectivity index (χ4n) is 1.34. The van der Waals surface area contributed by atoms with Gasteiger partial charge in [0.15, 0.2) is 9.84 Å². The molecule has 0 aliphatic heterocycles. The molecule has 0 bridgehead atoms. The lowest BCUT2D eigenvalue weighted by Crippen LogP contribution is -2.30. The summed E-state index contributed by atoms with van der Waals surface area (Å²) in [5.74, 6) is -0.0721. The van der Waals surface area contributed by atoms with Crippen LogP contribution in [-0.2, 0) is 14.6 Å². The number of benzene rings is 1. The van der Waals surface area contributed by atoms with E-state index in [0.29, 0.717) is 6.54 Å². The summed E-state index contributed by atoms with van der Waals surface area (Å²) in [4.78, 5) is 12.8. The monoisotopic (exact) mass is 299 g/mol. The van der Waals surface area contributed by atoms with E-state index in [1.54, 1.807) is 37.3 Å². The molecule has 4 nitrogen and oxygen atoms in total. The van der Waals surface area contributed by atoms with E-state index in [1.165, 1.54) is 18.0 Å². The van der Waals surface area contributed by atoms with Crippen molar-refractivity contribution in [2.24, 2.45) is 0 Å². The fraction of sp³-hybridized carbons (Fsp3) is 0.308. The van der Waals surface area contributed by atoms with Crippen molar-refractivity contribution in [1.29, 1.82) is 0 Å². The van der Waals surface area contributed by atoms with E-state index >= 15 is 0 Å². The smallest absolute Gasteiger partial charge is 0.233 e. The molecule has 1 aromatic rings. The Bertz CT molecular complexity index is 550. The van der Waals surface area contributed by atoms with E-state index in [9.17, 15) is 13.2 Å². The molecule has 0 aliphatic carbocycles. The summed E-state index contributed by atoms with van der Waals surface area (Å²) < 4.78 is 22.6. The van der Waals surface area contributed by atoms with E-state index in [1.807, 2.05) is 0 Å². The lowest BCUT2D eigenvalue weighted by atomic mass is 10.4. The molecular formula is C13H17NO3S2. The maximum atomic E-state index is 11.7. The van der Waals surface area contributed by atoms with Gasteiger partial charge in [0.2, 0.25) is 5.91 Å². The van der Waals surface area contributed by atoms with Crippen LogP contribution < -0.4 is 5.32 Å². The molecule has 0 saturated carbocycles. The van der Waals surface area contributed by atoms with Crippen molar-refractivity contribution in [2.45, 2.75) is 22.0 Å². The molecule has 0 heterocycles. The Kier molecular flexibility index (Phi) is 5.62. The van der Waals surface area contributed by atoms with Crippen LogP contribution in [0.2, 0.25) is 0 Å². The molecule has 1 N–H and O–H groups in total. The predicted octanol–water partition coefficient (Wildman–Crippen LogP) is 1.87. The van der Waals surface area contributed by atoms with Crippen molar-refractivity contribution in [2.75, 3.05) is 12.8 Å². The molecule has 0 spiro atoms. The van der Waals surface area contributed by atoms with Gasteiger partial charge >= 0.3 is 0 Å². The average Bonchev–Trinajstić information content (AvgIpc) is 2.35. The number of carbonyl (C=O) groups excluding carboxylic acids is 1. The number of carbonyl (C=O) groups is 1. The van der Waals surface area contributed by atoms with Crippen LogP contribution in [-0.4, -0.2) is 32.4 Å². The molecule has 1 atom stereocenters. The number of thioether (sulfide) groups is 1. The summed E-state index contributed by atoms with van der Waals surface area (Å²) in [6, 6.07) is 6.51. The van der Waals surface area contributed by atoms with Crippen molar-refractivity contribution in [1.82, 2.24) is 5.32 Å². The van der Waals surface area contributed by atoms with Crippen molar-refractivity contribution >= 4 is 27.5 Å².